The van der Waals surface area contributed by atoms with Gasteiger partial charge in [0.05, 0.1) is 23.9 Å². The first-order valence-electron chi connectivity index (χ1n) is 12.6. The lowest BCUT2D eigenvalue weighted by Gasteiger charge is -2.30. The molecule has 1 aliphatic carbocycles. The lowest BCUT2D eigenvalue weighted by Crippen LogP contribution is -2.40. The Balaban J connectivity index is 1.30. The molecule has 1 saturated carbocycles. The average molecular weight is 501 g/mol. The van der Waals surface area contributed by atoms with Crippen LogP contribution in [0.25, 0.3) is 16.7 Å². The second-order valence-corrected chi connectivity index (χ2v) is 9.35. The first-order chi connectivity index (χ1) is 18.1. The van der Waals surface area contributed by atoms with Crippen molar-refractivity contribution in [3.63, 3.8) is 0 Å². The summed E-state index contributed by atoms with van der Waals surface area (Å²) >= 11 is 0. The quantitative estimate of drug-likeness (QED) is 0.369. The molecule has 2 heterocycles. The molecule has 9 heteroatoms. The van der Waals surface area contributed by atoms with E-state index in [2.05, 4.69) is 10.6 Å². The van der Waals surface area contributed by atoms with Gasteiger partial charge in [0, 0.05) is 24.8 Å². The molecule has 2 N–H and O–H groups in total. The number of hydrogen-bond donors (Lipinski definition) is 2. The van der Waals surface area contributed by atoms with Crippen LogP contribution >= 0.6 is 0 Å². The molecule has 37 heavy (non-hydrogen) atoms. The maximum atomic E-state index is 12.7. The summed E-state index contributed by atoms with van der Waals surface area (Å²) in [7, 11) is 3.25. The molecule has 0 spiro atoms. The van der Waals surface area contributed by atoms with Crippen LogP contribution in [0.2, 0.25) is 0 Å². The van der Waals surface area contributed by atoms with Gasteiger partial charge < -0.3 is 20.1 Å². The molecule has 1 amide bonds. The highest BCUT2D eigenvalue weighted by Gasteiger charge is 2.25. The number of fused-ring (bicyclic) bond motifs is 1. The van der Waals surface area contributed by atoms with Crippen molar-refractivity contribution in [3.05, 3.63) is 71.7 Å². The summed E-state index contributed by atoms with van der Waals surface area (Å²) in [6.45, 7) is 2.30. The van der Waals surface area contributed by atoms with Crippen molar-refractivity contribution in [2.45, 2.75) is 51.3 Å². The Bertz CT molecular complexity index is 1360. The number of anilines is 1. The lowest BCUT2D eigenvalue weighted by atomic mass is 9.91. The Morgan fingerprint density at radius 2 is 1.68 bits per heavy atom. The van der Waals surface area contributed by atoms with Crippen LogP contribution in [0.15, 0.2) is 54.6 Å². The van der Waals surface area contributed by atoms with Crippen LogP contribution in [-0.2, 0) is 11.3 Å². The van der Waals surface area contributed by atoms with Gasteiger partial charge in [-0.25, -0.2) is 14.6 Å². The number of amides is 1. The Hall–Kier alpha value is -3.98. The van der Waals surface area contributed by atoms with Gasteiger partial charge in [-0.3, -0.25) is 4.79 Å². The third-order valence-electron chi connectivity index (χ3n) is 6.78. The Kier molecular flexibility index (Phi) is 7.32. The lowest BCUT2D eigenvalue weighted by molar-refractivity contribution is 0.0926. The molecule has 0 atom stereocenters. The average Bonchev–Trinajstić information content (AvgIpc) is 3.27. The summed E-state index contributed by atoms with van der Waals surface area (Å²) in [5.41, 5.74) is 3.21. The van der Waals surface area contributed by atoms with E-state index < -0.39 is 0 Å². The van der Waals surface area contributed by atoms with Gasteiger partial charge >= 0.3 is 0 Å². The molecule has 4 aromatic rings. The first kappa shape index (κ1) is 24.7. The van der Waals surface area contributed by atoms with Crippen LogP contribution in [0.3, 0.4) is 0 Å². The third kappa shape index (κ3) is 5.41. The molecule has 0 radical (unpaired) electrons. The molecule has 0 aliphatic heterocycles. The van der Waals surface area contributed by atoms with Crippen molar-refractivity contribution < 1.29 is 14.3 Å². The molecule has 1 fully saturated rings. The van der Waals surface area contributed by atoms with Gasteiger partial charge in [-0.1, -0.05) is 18.2 Å². The Morgan fingerprint density at radius 1 is 0.973 bits per heavy atom. The van der Waals surface area contributed by atoms with Crippen molar-refractivity contribution in [2.24, 2.45) is 0 Å². The fourth-order valence-electron chi connectivity index (χ4n) is 4.86. The summed E-state index contributed by atoms with van der Waals surface area (Å²) < 4.78 is 12.4. The van der Waals surface area contributed by atoms with Gasteiger partial charge in [0.2, 0.25) is 0 Å². The molecule has 2 aromatic carbocycles. The van der Waals surface area contributed by atoms with E-state index >= 15 is 0 Å². The molecule has 192 valence electrons. The summed E-state index contributed by atoms with van der Waals surface area (Å²) in [6.07, 6.45) is 3.62. The monoisotopic (exact) mass is 500 g/mol. The summed E-state index contributed by atoms with van der Waals surface area (Å²) in [4.78, 5) is 22.2. The minimum atomic E-state index is -0.0512. The van der Waals surface area contributed by atoms with E-state index in [1.54, 1.807) is 38.5 Å². The van der Waals surface area contributed by atoms with Crippen LogP contribution in [0.4, 0.5) is 5.82 Å². The number of carbonyl (C=O) groups is 1. The molecule has 9 nitrogen and oxygen atoms in total. The predicted octanol–water partition coefficient (Wildman–Crippen LogP) is 4.43. The van der Waals surface area contributed by atoms with Gasteiger partial charge in [-0.15, -0.1) is 0 Å². The van der Waals surface area contributed by atoms with Crippen molar-refractivity contribution in [2.75, 3.05) is 19.5 Å². The van der Waals surface area contributed by atoms with Crippen molar-refractivity contribution >= 4 is 22.8 Å². The zero-order chi connectivity index (χ0) is 25.8. The van der Waals surface area contributed by atoms with E-state index in [0.29, 0.717) is 18.0 Å². The summed E-state index contributed by atoms with van der Waals surface area (Å²) in [5, 5.41) is 12.5. The molecular formula is C28H32N6O3. The number of methoxy groups -OCH3 is 2. The minimum absolute atomic E-state index is 0.0512. The largest absolute Gasteiger partial charge is 0.497 e. The van der Waals surface area contributed by atoms with E-state index in [-0.39, 0.29) is 18.0 Å². The number of nitrogens with zero attached hydrogens (tertiary/aromatic N) is 4. The molecule has 2 aromatic heterocycles. The summed E-state index contributed by atoms with van der Waals surface area (Å²) in [5.74, 6) is 2.07. The highest BCUT2D eigenvalue weighted by atomic mass is 16.5. The van der Waals surface area contributed by atoms with Crippen molar-refractivity contribution in [3.8, 4) is 11.4 Å². The molecular weight excluding hydrogens is 468 g/mol. The number of aromatic nitrogens is 4. The molecule has 0 unspecified atom stereocenters. The highest BCUT2D eigenvalue weighted by molar-refractivity contribution is 5.94. The maximum Gasteiger partial charge on any atom is 0.251 e. The van der Waals surface area contributed by atoms with Gasteiger partial charge in [0.1, 0.15) is 18.2 Å². The number of hydrogen-bond acceptors (Lipinski definition) is 7. The maximum absolute atomic E-state index is 12.7. The smallest absolute Gasteiger partial charge is 0.251 e. The fourth-order valence-corrected chi connectivity index (χ4v) is 4.86. The Labute approximate surface area is 216 Å². The number of nitrogens with one attached hydrogen (secondary N) is 2. The van der Waals surface area contributed by atoms with Crippen LogP contribution in [-0.4, -0.2) is 52.0 Å². The zero-order valence-electron chi connectivity index (χ0n) is 21.4. The van der Waals surface area contributed by atoms with Gasteiger partial charge in [0.15, 0.2) is 11.5 Å². The number of rotatable bonds is 8. The van der Waals surface area contributed by atoms with E-state index in [4.69, 9.17) is 24.5 Å². The number of benzene rings is 2. The van der Waals surface area contributed by atoms with Crippen LogP contribution in [0, 0.1) is 6.92 Å². The van der Waals surface area contributed by atoms with Gasteiger partial charge in [-0.05, 0) is 69.0 Å². The molecule has 0 saturated heterocycles. The van der Waals surface area contributed by atoms with Crippen LogP contribution in [0.1, 0.15) is 47.6 Å². The Morgan fingerprint density at radius 3 is 2.35 bits per heavy atom. The normalized spacial score (nSPS) is 17.5. The van der Waals surface area contributed by atoms with E-state index in [9.17, 15) is 4.79 Å². The van der Waals surface area contributed by atoms with Gasteiger partial charge in [-0.2, -0.15) is 5.10 Å². The number of aryl methyl sites for hydroxylation is 1. The zero-order valence-corrected chi connectivity index (χ0v) is 21.4. The number of carbonyl (C=O) groups excluding carboxylic acids is 1. The molecule has 0 bridgehead atoms. The SMILES string of the molecule is COCc1nc(NC2CCC(NC(=O)c3ccc(OC)cc3)CC2)c2c(C)nn(-c3ccccc3)c2n1. The first-order valence-corrected chi connectivity index (χ1v) is 12.6. The molecule has 5 rings (SSSR count). The topological polar surface area (TPSA) is 103 Å². The summed E-state index contributed by atoms with van der Waals surface area (Å²) in [6, 6.07) is 17.5. The second kappa shape index (κ2) is 11.0. The van der Waals surface area contributed by atoms with Crippen molar-refractivity contribution in [1.29, 1.82) is 0 Å². The second-order valence-electron chi connectivity index (χ2n) is 9.35. The van der Waals surface area contributed by atoms with E-state index in [1.807, 2.05) is 41.9 Å². The fraction of sp³-hybridized carbons (Fsp3) is 0.357. The van der Waals surface area contributed by atoms with Crippen molar-refractivity contribution in [1.82, 2.24) is 25.1 Å². The third-order valence-corrected chi connectivity index (χ3v) is 6.78. The van der Waals surface area contributed by atoms with Crippen LogP contribution < -0.4 is 15.4 Å². The minimum Gasteiger partial charge on any atom is -0.497 e. The van der Waals surface area contributed by atoms with E-state index in [1.165, 1.54) is 0 Å². The van der Waals surface area contributed by atoms with E-state index in [0.717, 1.165) is 59.7 Å². The predicted molar refractivity (Wildman–Crippen MR) is 142 cm³/mol. The van der Waals surface area contributed by atoms with Crippen LogP contribution in [0.5, 0.6) is 5.75 Å². The number of para-hydroxylation sites is 1. The number of ether oxygens (including phenoxy) is 2. The highest BCUT2D eigenvalue weighted by Crippen LogP contribution is 2.29. The molecule has 1 aliphatic rings. The standard InChI is InChI=1S/C28H32N6O3/c1-18-25-26(31-24(17-36-2)32-27(25)34(33-18)22-7-5-4-6-8-22)29-20-11-13-21(14-12-20)30-28(35)19-9-15-23(37-3)16-10-19/h4-10,15-16,20-21H,11-14,17H2,1-3H3,(H,30,35)(H,29,31,32). The van der Waals surface area contributed by atoms with Gasteiger partial charge in [0.25, 0.3) is 5.91 Å².